The van der Waals surface area contributed by atoms with Gasteiger partial charge in [0.05, 0.1) is 11.3 Å². The maximum Gasteiger partial charge on any atom is 0.325 e. The van der Waals surface area contributed by atoms with Crippen molar-refractivity contribution in [2.45, 2.75) is 38.5 Å². The van der Waals surface area contributed by atoms with E-state index in [4.69, 9.17) is 0 Å². The molecule has 31 heavy (non-hydrogen) atoms. The molecule has 0 spiro atoms. The highest BCUT2D eigenvalue weighted by atomic mass is 19.3. The lowest BCUT2D eigenvalue weighted by atomic mass is 10.1. The molecule has 0 bridgehead atoms. The minimum Gasteiger partial charge on any atom is -0.313 e. The zero-order chi connectivity index (χ0) is 22.0. The van der Waals surface area contributed by atoms with Crippen LogP contribution in [-0.4, -0.2) is 31.0 Å². The molecule has 1 aliphatic carbocycles. The maximum atomic E-state index is 11.9. The number of imidazole rings is 1. The molecule has 1 aromatic carbocycles. The van der Waals surface area contributed by atoms with E-state index in [0.29, 0.717) is 17.2 Å². The van der Waals surface area contributed by atoms with Crippen molar-refractivity contribution in [1.82, 2.24) is 24.6 Å². The van der Waals surface area contributed by atoms with Gasteiger partial charge in [0, 0.05) is 30.6 Å². The van der Waals surface area contributed by atoms with E-state index in [-0.39, 0.29) is 6.42 Å². The van der Waals surface area contributed by atoms with Crippen molar-refractivity contribution < 1.29 is 8.78 Å². The summed E-state index contributed by atoms with van der Waals surface area (Å²) in [6.45, 7) is 1.84. The Hall–Kier alpha value is -3.62. The summed E-state index contributed by atoms with van der Waals surface area (Å²) in [5.41, 5.74) is 3.53. The molecule has 9 heteroatoms. The molecule has 1 aliphatic rings. The van der Waals surface area contributed by atoms with Gasteiger partial charge >= 0.3 is 5.69 Å². The summed E-state index contributed by atoms with van der Waals surface area (Å²) in [4.78, 5) is 31.9. The number of fused-ring (bicyclic) bond motifs is 1. The third kappa shape index (κ3) is 4.76. The van der Waals surface area contributed by atoms with Crippen molar-refractivity contribution in [2.75, 3.05) is 0 Å². The maximum absolute atomic E-state index is 11.9. The molecule has 4 aromatic rings. The summed E-state index contributed by atoms with van der Waals surface area (Å²) >= 11 is 0. The van der Waals surface area contributed by atoms with Gasteiger partial charge in [0.25, 0.3) is 5.56 Å². The highest BCUT2D eigenvalue weighted by molar-refractivity contribution is 5.62. The van der Waals surface area contributed by atoms with Crippen LogP contribution in [0.25, 0.3) is 16.9 Å². The molecule has 1 saturated carbocycles. The number of alkyl halides is 2. The van der Waals surface area contributed by atoms with E-state index in [1.165, 1.54) is 6.20 Å². The third-order valence-electron chi connectivity index (χ3n) is 5.14. The topological polar surface area (TPSA) is 95.9 Å². The Balaban J connectivity index is 0.000000180. The fraction of sp³-hybridized carbons (Fsp3) is 0.273. The van der Waals surface area contributed by atoms with Crippen LogP contribution in [0.2, 0.25) is 0 Å². The smallest absolute Gasteiger partial charge is 0.313 e. The minimum absolute atomic E-state index is 0.132. The summed E-state index contributed by atoms with van der Waals surface area (Å²) in [5.74, 6) is 0.489. The number of rotatable bonds is 4. The molecule has 5 rings (SSSR count). The van der Waals surface area contributed by atoms with Gasteiger partial charge in [-0.1, -0.05) is 24.3 Å². The first kappa shape index (κ1) is 20.6. The lowest BCUT2D eigenvalue weighted by molar-refractivity contribution is 0.149. The van der Waals surface area contributed by atoms with Crippen molar-refractivity contribution in [1.29, 1.82) is 0 Å². The minimum atomic E-state index is -2.24. The van der Waals surface area contributed by atoms with Crippen LogP contribution in [0.4, 0.5) is 8.78 Å². The van der Waals surface area contributed by atoms with Gasteiger partial charge in [-0.25, -0.2) is 23.1 Å². The van der Waals surface area contributed by atoms with Gasteiger partial charge in [0.2, 0.25) is 6.43 Å². The monoisotopic (exact) mass is 425 g/mol. The second-order valence-corrected chi connectivity index (χ2v) is 7.46. The van der Waals surface area contributed by atoms with Crippen LogP contribution in [0.15, 0.2) is 58.5 Å². The van der Waals surface area contributed by atoms with Crippen LogP contribution in [-0.2, 0) is 6.42 Å². The van der Waals surface area contributed by atoms with E-state index in [2.05, 4.69) is 20.1 Å². The lowest BCUT2D eigenvalue weighted by Gasteiger charge is -2.05. The molecule has 160 valence electrons. The van der Waals surface area contributed by atoms with Crippen LogP contribution in [0.5, 0.6) is 0 Å². The number of halogens is 2. The summed E-state index contributed by atoms with van der Waals surface area (Å²) in [6.07, 6.45) is 4.73. The number of nitrogens with zero attached hydrogens (tertiary/aromatic N) is 3. The van der Waals surface area contributed by atoms with Gasteiger partial charge in [-0.2, -0.15) is 5.10 Å². The van der Waals surface area contributed by atoms with Crippen molar-refractivity contribution in [3.8, 4) is 11.3 Å². The van der Waals surface area contributed by atoms with Crippen LogP contribution in [0.3, 0.4) is 0 Å². The van der Waals surface area contributed by atoms with E-state index in [0.717, 1.165) is 35.2 Å². The summed E-state index contributed by atoms with van der Waals surface area (Å²) in [7, 11) is 0. The predicted octanol–water partition coefficient (Wildman–Crippen LogP) is 3.45. The molecule has 0 aliphatic heterocycles. The Labute approximate surface area is 175 Å². The molecular weight excluding hydrogens is 404 g/mol. The average Bonchev–Trinajstić information content (AvgIpc) is 3.46. The number of hydrogen-bond acceptors (Lipinski definition) is 4. The van der Waals surface area contributed by atoms with Gasteiger partial charge in [0.15, 0.2) is 5.65 Å². The first-order valence-electron chi connectivity index (χ1n) is 9.91. The largest absolute Gasteiger partial charge is 0.325 e. The first-order valence-corrected chi connectivity index (χ1v) is 9.91. The van der Waals surface area contributed by atoms with Crippen LogP contribution in [0, 0.1) is 6.92 Å². The molecule has 7 nitrogen and oxygen atoms in total. The van der Waals surface area contributed by atoms with E-state index < -0.39 is 17.7 Å². The summed E-state index contributed by atoms with van der Waals surface area (Å²) in [6, 6.07) is 9.11. The fourth-order valence-electron chi connectivity index (χ4n) is 3.37. The van der Waals surface area contributed by atoms with E-state index in [9.17, 15) is 18.4 Å². The van der Waals surface area contributed by atoms with Gasteiger partial charge in [-0.15, -0.1) is 0 Å². The van der Waals surface area contributed by atoms with Crippen LogP contribution in [0.1, 0.15) is 35.4 Å². The zero-order valence-electron chi connectivity index (χ0n) is 16.8. The van der Waals surface area contributed by atoms with Gasteiger partial charge in [0.1, 0.15) is 0 Å². The molecule has 0 unspecified atom stereocenters. The predicted molar refractivity (Wildman–Crippen MR) is 113 cm³/mol. The number of hydrogen-bond donors (Lipinski definition) is 2. The van der Waals surface area contributed by atoms with Crippen molar-refractivity contribution >= 4 is 5.65 Å². The Morgan fingerprint density at radius 2 is 2.00 bits per heavy atom. The Morgan fingerprint density at radius 1 is 1.23 bits per heavy atom. The van der Waals surface area contributed by atoms with Crippen molar-refractivity contribution in [2.24, 2.45) is 0 Å². The van der Waals surface area contributed by atoms with E-state index >= 15 is 0 Å². The molecule has 3 aromatic heterocycles. The Kier molecular flexibility index (Phi) is 5.75. The second-order valence-electron chi connectivity index (χ2n) is 7.46. The second kappa shape index (κ2) is 8.63. The van der Waals surface area contributed by atoms with E-state index in [1.54, 1.807) is 29.0 Å². The normalized spacial score (nSPS) is 13.3. The lowest BCUT2D eigenvalue weighted by Crippen LogP contribution is -2.23. The molecule has 2 N–H and O–H groups in total. The standard InChI is InChI=1S/C13H11N5O2.C9H10F2/c19-12-9(6-15-13(20)16-12)10-5-8(7-1-2-7)11-14-3-4-18(11)17-10;1-7-4-2-3-5-8(7)6-9(10)11/h3-7H,1-2H2,(H2,15,16,19,20);2-5,9H,6H2,1H3. The van der Waals surface area contributed by atoms with E-state index in [1.807, 2.05) is 25.1 Å². The highest BCUT2D eigenvalue weighted by Gasteiger charge is 2.27. The molecule has 1 fully saturated rings. The van der Waals surface area contributed by atoms with Crippen molar-refractivity contribution in [3.63, 3.8) is 0 Å². The number of aromatic amines is 2. The SMILES string of the molecule is Cc1ccccc1CC(F)F.O=c1[nH]cc(-c2cc(C3CC3)c3nccn3n2)c(=O)[nH]1. The van der Waals surface area contributed by atoms with Crippen LogP contribution < -0.4 is 11.2 Å². The molecule has 0 radical (unpaired) electrons. The number of nitrogens with one attached hydrogen (secondary N) is 2. The fourth-order valence-corrected chi connectivity index (χ4v) is 3.37. The van der Waals surface area contributed by atoms with Crippen molar-refractivity contribution in [3.05, 3.63) is 86.5 Å². The van der Waals surface area contributed by atoms with Gasteiger partial charge < -0.3 is 4.98 Å². The number of benzene rings is 1. The molecule has 0 saturated heterocycles. The summed E-state index contributed by atoms with van der Waals surface area (Å²) in [5, 5.41) is 4.38. The van der Waals surface area contributed by atoms with Crippen LogP contribution >= 0.6 is 0 Å². The van der Waals surface area contributed by atoms with Gasteiger partial charge in [-0.05, 0) is 42.9 Å². The number of aryl methyl sites for hydroxylation is 1. The molecule has 0 atom stereocenters. The Morgan fingerprint density at radius 3 is 2.68 bits per heavy atom. The summed E-state index contributed by atoms with van der Waals surface area (Å²) < 4.78 is 25.5. The Bertz CT molecular complexity index is 1320. The zero-order valence-corrected chi connectivity index (χ0v) is 16.8. The molecule has 0 amide bonds. The van der Waals surface area contributed by atoms with Gasteiger partial charge in [-0.3, -0.25) is 9.78 Å². The highest BCUT2D eigenvalue weighted by Crippen LogP contribution is 2.42. The quantitative estimate of drug-likeness (QED) is 0.523. The number of aromatic nitrogens is 5. The average molecular weight is 425 g/mol. The third-order valence-corrected chi connectivity index (χ3v) is 5.14. The molecule has 3 heterocycles. The first-order chi connectivity index (χ1) is 14.9. The number of H-pyrrole nitrogens is 2. The molecular formula is C22H21F2N5O2.